The van der Waals surface area contributed by atoms with Gasteiger partial charge in [0.15, 0.2) is 0 Å². The molecule has 3 aromatic carbocycles. The zero-order chi connectivity index (χ0) is 25.6. The van der Waals surface area contributed by atoms with Gasteiger partial charge in [0, 0.05) is 22.7 Å². The number of nitrogens with zero attached hydrogens (tertiary/aromatic N) is 2. The van der Waals surface area contributed by atoms with Crippen LogP contribution in [0.4, 0.5) is 0 Å². The molecule has 1 heterocycles. The van der Waals surface area contributed by atoms with Gasteiger partial charge in [0.05, 0.1) is 36.6 Å². The number of hydrogen-bond acceptors (Lipinski definition) is 5. The first-order chi connectivity index (χ1) is 18.1. The highest BCUT2D eigenvalue weighted by molar-refractivity contribution is 5.98. The molecule has 0 radical (unpaired) electrons. The van der Waals surface area contributed by atoms with E-state index < -0.39 is 0 Å². The van der Waals surface area contributed by atoms with Crippen molar-refractivity contribution in [3.63, 3.8) is 0 Å². The molecule has 4 aromatic rings. The molecule has 1 amide bonds. The van der Waals surface area contributed by atoms with Gasteiger partial charge in [-0.15, -0.1) is 0 Å². The Morgan fingerprint density at radius 1 is 0.703 bits per heavy atom. The molecule has 6 heteroatoms. The Hall–Kier alpha value is -3.93. The fourth-order valence-electron chi connectivity index (χ4n) is 4.97. The fourth-order valence-corrected chi connectivity index (χ4v) is 4.97. The molecule has 1 saturated carbocycles. The highest BCUT2D eigenvalue weighted by Crippen LogP contribution is 2.33. The highest BCUT2D eigenvalue weighted by atomic mass is 16.5. The first-order valence-corrected chi connectivity index (χ1v) is 13.1. The lowest BCUT2D eigenvalue weighted by Crippen LogP contribution is -2.35. The Morgan fingerprint density at radius 3 is 1.76 bits per heavy atom. The van der Waals surface area contributed by atoms with E-state index in [-0.39, 0.29) is 11.9 Å². The van der Waals surface area contributed by atoms with Crippen LogP contribution in [0.3, 0.4) is 0 Å². The Labute approximate surface area is 218 Å². The lowest BCUT2D eigenvalue weighted by Gasteiger charge is -2.21. The third-order valence-corrected chi connectivity index (χ3v) is 7.09. The van der Waals surface area contributed by atoms with Crippen molar-refractivity contribution >= 4 is 16.9 Å². The number of rotatable bonds is 6. The molecule has 0 bridgehead atoms. The number of methoxy groups -OCH3 is 2. The third kappa shape index (κ3) is 5.74. The second-order valence-electron chi connectivity index (χ2n) is 9.60. The number of benzene rings is 3. The van der Waals surface area contributed by atoms with Gasteiger partial charge >= 0.3 is 0 Å². The quantitative estimate of drug-likeness (QED) is 0.318. The van der Waals surface area contributed by atoms with Gasteiger partial charge in [-0.05, 0) is 79.6 Å². The van der Waals surface area contributed by atoms with Crippen molar-refractivity contribution in [3.8, 4) is 34.0 Å². The molecule has 1 N–H and O–H groups in total. The summed E-state index contributed by atoms with van der Waals surface area (Å²) in [6.07, 6.45) is 8.25. The summed E-state index contributed by atoms with van der Waals surface area (Å²) < 4.78 is 10.7. The van der Waals surface area contributed by atoms with Crippen molar-refractivity contribution < 1.29 is 14.3 Å². The van der Waals surface area contributed by atoms with E-state index in [9.17, 15) is 4.79 Å². The molecule has 1 aliphatic rings. The van der Waals surface area contributed by atoms with Crippen molar-refractivity contribution in [3.05, 3.63) is 72.3 Å². The molecule has 1 aliphatic carbocycles. The molecule has 190 valence electrons. The van der Waals surface area contributed by atoms with Gasteiger partial charge in [0.2, 0.25) is 0 Å². The molecule has 0 aliphatic heterocycles. The Balaban J connectivity index is 1.52. The normalized spacial score (nSPS) is 14.5. The Morgan fingerprint density at radius 2 is 1.22 bits per heavy atom. The molecule has 37 heavy (non-hydrogen) atoms. The first-order valence-electron chi connectivity index (χ1n) is 13.1. The largest absolute Gasteiger partial charge is 0.497 e. The summed E-state index contributed by atoms with van der Waals surface area (Å²) in [6, 6.07) is 21.4. The van der Waals surface area contributed by atoms with Gasteiger partial charge in [-0.25, -0.2) is 9.97 Å². The minimum Gasteiger partial charge on any atom is -0.497 e. The minimum atomic E-state index is -0.0421. The molecule has 5 rings (SSSR count). The van der Waals surface area contributed by atoms with Crippen LogP contribution in [-0.2, 0) is 0 Å². The van der Waals surface area contributed by atoms with Crippen LogP contribution in [0, 0.1) is 0 Å². The van der Waals surface area contributed by atoms with Crippen LogP contribution in [0.2, 0.25) is 0 Å². The zero-order valence-corrected chi connectivity index (χ0v) is 21.5. The van der Waals surface area contributed by atoms with Crippen LogP contribution in [0.25, 0.3) is 33.5 Å². The number of carbonyl (C=O) groups is 1. The summed E-state index contributed by atoms with van der Waals surface area (Å²) in [5.74, 6) is 1.51. The van der Waals surface area contributed by atoms with E-state index in [2.05, 4.69) is 5.32 Å². The van der Waals surface area contributed by atoms with E-state index >= 15 is 0 Å². The van der Waals surface area contributed by atoms with Crippen LogP contribution in [-0.4, -0.2) is 36.1 Å². The standard InChI is InChI=1S/C31H33N3O3/c1-36-25-15-10-21(11-16-25)29-30(22-12-17-26(37-2)18-13-22)34-28-20-23(14-19-27(28)33-29)31(35)32-24-8-6-4-3-5-7-9-24/h10-20,24H,3-9H2,1-2H3,(H,32,35). The number of carbonyl (C=O) groups excluding carboxylic acids is 1. The van der Waals surface area contributed by atoms with Crippen molar-refractivity contribution in [2.24, 2.45) is 0 Å². The van der Waals surface area contributed by atoms with E-state index in [1.807, 2.05) is 66.7 Å². The number of nitrogens with one attached hydrogen (secondary N) is 1. The molecule has 0 saturated heterocycles. The number of ether oxygens (including phenoxy) is 2. The number of fused-ring (bicyclic) bond motifs is 1. The SMILES string of the molecule is COc1ccc(-c2nc3ccc(C(=O)NC4CCCCCCC4)cc3nc2-c2ccc(OC)cc2)cc1. The van der Waals surface area contributed by atoms with E-state index in [0.717, 1.165) is 52.4 Å². The Bertz CT molecular complexity index is 1360. The number of amides is 1. The molecule has 1 fully saturated rings. The van der Waals surface area contributed by atoms with E-state index in [4.69, 9.17) is 19.4 Å². The van der Waals surface area contributed by atoms with Gasteiger partial charge in [0.25, 0.3) is 5.91 Å². The minimum absolute atomic E-state index is 0.0421. The average Bonchev–Trinajstić information content (AvgIpc) is 2.93. The topological polar surface area (TPSA) is 73.3 Å². The molecular weight excluding hydrogens is 462 g/mol. The summed E-state index contributed by atoms with van der Waals surface area (Å²) in [7, 11) is 3.30. The highest BCUT2D eigenvalue weighted by Gasteiger charge is 2.18. The van der Waals surface area contributed by atoms with Crippen molar-refractivity contribution in [1.82, 2.24) is 15.3 Å². The summed E-state index contributed by atoms with van der Waals surface area (Å²) in [5.41, 5.74) is 5.42. The van der Waals surface area contributed by atoms with Crippen LogP contribution in [0.5, 0.6) is 11.5 Å². The molecule has 0 unspecified atom stereocenters. The zero-order valence-electron chi connectivity index (χ0n) is 21.5. The predicted octanol–water partition coefficient (Wildman–Crippen LogP) is 6.82. The summed E-state index contributed by atoms with van der Waals surface area (Å²) in [6.45, 7) is 0. The van der Waals surface area contributed by atoms with E-state index in [1.165, 1.54) is 32.1 Å². The monoisotopic (exact) mass is 495 g/mol. The number of hydrogen-bond donors (Lipinski definition) is 1. The van der Waals surface area contributed by atoms with Gasteiger partial charge in [-0.2, -0.15) is 0 Å². The number of aromatic nitrogens is 2. The lowest BCUT2D eigenvalue weighted by atomic mass is 9.96. The maximum absolute atomic E-state index is 13.1. The second-order valence-corrected chi connectivity index (χ2v) is 9.60. The molecular formula is C31H33N3O3. The van der Waals surface area contributed by atoms with Crippen molar-refractivity contribution in [1.29, 1.82) is 0 Å². The molecule has 0 atom stereocenters. The smallest absolute Gasteiger partial charge is 0.251 e. The molecule has 1 aromatic heterocycles. The van der Waals surface area contributed by atoms with Crippen LogP contribution in [0.15, 0.2) is 66.7 Å². The van der Waals surface area contributed by atoms with Crippen LogP contribution < -0.4 is 14.8 Å². The van der Waals surface area contributed by atoms with Crippen LogP contribution in [0.1, 0.15) is 55.3 Å². The molecule has 0 spiro atoms. The van der Waals surface area contributed by atoms with Gasteiger partial charge in [-0.1, -0.05) is 32.1 Å². The summed E-state index contributed by atoms with van der Waals surface area (Å²) in [4.78, 5) is 23.2. The molecule has 6 nitrogen and oxygen atoms in total. The van der Waals surface area contributed by atoms with Crippen molar-refractivity contribution in [2.75, 3.05) is 14.2 Å². The maximum Gasteiger partial charge on any atom is 0.251 e. The predicted molar refractivity (Wildman–Crippen MR) is 147 cm³/mol. The first kappa shape index (κ1) is 24.8. The average molecular weight is 496 g/mol. The fraction of sp³-hybridized carbons (Fsp3) is 0.323. The summed E-state index contributed by atoms with van der Waals surface area (Å²) >= 11 is 0. The Kier molecular flexibility index (Phi) is 7.64. The lowest BCUT2D eigenvalue weighted by molar-refractivity contribution is 0.0930. The third-order valence-electron chi connectivity index (χ3n) is 7.09. The maximum atomic E-state index is 13.1. The van der Waals surface area contributed by atoms with E-state index in [0.29, 0.717) is 11.1 Å². The van der Waals surface area contributed by atoms with Gasteiger partial charge in [0.1, 0.15) is 11.5 Å². The van der Waals surface area contributed by atoms with Crippen molar-refractivity contribution in [2.45, 2.75) is 51.0 Å². The second kappa shape index (κ2) is 11.4. The van der Waals surface area contributed by atoms with Crippen LogP contribution >= 0.6 is 0 Å². The summed E-state index contributed by atoms with van der Waals surface area (Å²) in [5, 5.41) is 3.26. The van der Waals surface area contributed by atoms with Gasteiger partial charge in [-0.3, -0.25) is 4.79 Å². The van der Waals surface area contributed by atoms with E-state index in [1.54, 1.807) is 14.2 Å². The van der Waals surface area contributed by atoms with Gasteiger partial charge < -0.3 is 14.8 Å².